The number of ether oxygens (including phenoxy) is 3. The number of rotatable bonds is 7. The molecular weight excluding hydrogens is 368 g/mol. The smallest absolute Gasteiger partial charge is 0.248 e. The minimum Gasteiger partial charge on any atom is -0.493 e. The number of nitrogens with zero attached hydrogens (tertiary/aromatic N) is 1. The number of amides is 1. The van der Waals surface area contributed by atoms with Gasteiger partial charge in [-0.2, -0.15) is 0 Å². The molecule has 2 aromatic rings. The molecule has 3 rings (SSSR count). The number of carbonyl (C=O) groups is 1. The molecule has 0 spiro atoms. The standard InChI is InChI=1S/C23H28N2O4/c1-27-20-5-4-14-25(16-20)19-10-8-18(9-11-19)24-23(26)13-7-17-6-12-21(28-2)22(15-17)29-3/h6-13,15,20H,4-5,14,16H2,1-3H3,(H,24,26)/b13-7+. The van der Waals surface area contributed by atoms with Crippen LogP contribution in [0.15, 0.2) is 48.5 Å². The van der Waals surface area contributed by atoms with Crippen LogP contribution in [0.4, 0.5) is 11.4 Å². The average molecular weight is 396 g/mol. The Morgan fingerprint density at radius 2 is 1.83 bits per heavy atom. The van der Waals surface area contributed by atoms with Gasteiger partial charge < -0.3 is 24.4 Å². The van der Waals surface area contributed by atoms with Crippen LogP contribution in [-0.4, -0.2) is 46.4 Å². The molecule has 1 heterocycles. The summed E-state index contributed by atoms with van der Waals surface area (Å²) in [4.78, 5) is 14.6. The maximum Gasteiger partial charge on any atom is 0.248 e. The molecule has 29 heavy (non-hydrogen) atoms. The van der Waals surface area contributed by atoms with E-state index >= 15 is 0 Å². The number of carbonyl (C=O) groups excluding carboxylic acids is 1. The SMILES string of the molecule is COc1ccc(/C=C/C(=O)Nc2ccc(N3CCCC(OC)C3)cc2)cc1OC. The van der Waals surface area contributed by atoms with Gasteiger partial charge >= 0.3 is 0 Å². The van der Waals surface area contributed by atoms with Gasteiger partial charge in [0.05, 0.1) is 20.3 Å². The number of benzene rings is 2. The van der Waals surface area contributed by atoms with E-state index in [9.17, 15) is 4.79 Å². The van der Waals surface area contributed by atoms with E-state index in [4.69, 9.17) is 14.2 Å². The zero-order valence-electron chi connectivity index (χ0n) is 17.2. The van der Waals surface area contributed by atoms with E-state index in [0.717, 1.165) is 42.9 Å². The molecule has 1 fully saturated rings. The van der Waals surface area contributed by atoms with Crippen molar-refractivity contribution in [3.05, 3.63) is 54.1 Å². The molecule has 0 aliphatic carbocycles. The summed E-state index contributed by atoms with van der Waals surface area (Å²) >= 11 is 0. The number of piperidine rings is 1. The second-order valence-electron chi connectivity index (χ2n) is 6.93. The first-order valence-electron chi connectivity index (χ1n) is 9.72. The first kappa shape index (κ1) is 20.7. The number of hydrogen-bond donors (Lipinski definition) is 1. The van der Waals surface area contributed by atoms with Gasteiger partial charge in [0.1, 0.15) is 0 Å². The van der Waals surface area contributed by atoms with E-state index in [1.165, 1.54) is 6.08 Å². The van der Waals surface area contributed by atoms with Crippen molar-refractivity contribution in [1.82, 2.24) is 0 Å². The minimum absolute atomic E-state index is 0.190. The lowest BCUT2D eigenvalue weighted by Crippen LogP contribution is -2.39. The van der Waals surface area contributed by atoms with E-state index in [2.05, 4.69) is 10.2 Å². The highest BCUT2D eigenvalue weighted by Gasteiger charge is 2.19. The Morgan fingerprint density at radius 3 is 2.52 bits per heavy atom. The quantitative estimate of drug-likeness (QED) is 0.718. The van der Waals surface area contributed by atoms with Crippen LogP contribution in [0.25, 0.3) is 6.08 Å². The summed E-state index contributed by atoms with van der Waals surface area (Å²) in [7, 11) is 4.94. The maximum atomic E-state index is 12.3. The molecular formula is C23H28N2O4. The maximum absolute atomic E-state index is 12.3. The van der Waals surface area contributed by atoms with Gasteiger partial charge in [-0.15, -0.1) is 0 Å². The third kappa shape index (κ3) is 5.51. The molecule has 6 nitrogen and oxygen atoms in total. The summed E-state index contributed by atoms with van der Waals surface area (Å²) in [6, 6.07) is 13.4. The van der Waals surface area contributed by atoms with Crippen LogP contribution in [0.3, 0.4) is 0 Å². The lowest BCUT2D eigenvalue weighted by atomic mass is 10.1. The highest BCUT2D eigenvalue weighted by atomic mass is 16.5. The van der Waals surface area contributed by atoms with Crippen LogP contribution in [0.5, 0.6) is 11.5 Å². The van der Waals surface area contributed by atoms with Crippen molar-refractivity contribution >= 4 is 23.4 Å². The molecule has 154 valence electrons. The predicted octanol–water partition coefficient (Wildman–Crippen LogP) is 3.97. The fourth-order valence-corrected chi connectivity index (χ4v) is 3.43. The molecule has 1 aliphatic heterocycles. The lowest BCUT2D eigenvalue weighted by Gasteiger charge is -2.33. The molecule has 1 atom stereocenters. The fraction of sp³-hybridized carbons (Fsp3) is 0.348. The Labute approximate surface area is 172 Å². The normalized spacial score (nSPS) is 16.7. The van der Waals surface area contributed by atoms with Crippen LogP contribution in [0, 0.1) is 0 Å². The zero-order chi connectivity index (χ0) is 20.6. The first-order chi connectivity index (χ1) is 14.1. The van der Waals surface area contributed by atoms with Gasteiger partial charge in [-0.25, -0.2) is 0 Å². The second-order valence-corrected chi connectivity index (χ2v) is 6.93. The molecule has 0 radical (unpaired) electrons. The van der Waals surface area contributed by atoms with E-state index in [-0.39, 0.29) is 12.0 Å². The Hall–Kier alpha value is -2.99. The predicted molar refractivity (Wildman–Crippen MR) is 116 cm³/mol. The van der Waals surface area contributed by atoms with Crippen LogP contribution in [-0.2, 0) is 9.53 Å². The topological polar surface area (TPSA) is 60.0 Å². The van der Waals surface area contributed by atoms with Crippen molar-refractivity contribution in [3.8, 4) is 11.5 Å². The summed E-state index contributed by atoms with van der Waals surface area (Å²) in [5, 5.41) is 2.89. The molecule has 1 unspecified atom stereocenters. The van der Waals surface area contributed by atoms with Crippen molar-refractivity contribution in [2.75, 3.05) is 44.6 Å². The monoisotopic (exact) mass is 396 g/mol. The Morgan fingerprint density at radius 1 is 1.07 bits per heavy atom. The largest absolute Gasteiger partial charge is 0.493 e. The highest BCUT2D eigenvalue weighted by molar-refractivity contribution is 6.02. The van der Waals surface area contributed by atoms with E-state index in [1.54, 1.807) is 27.4 Å². The van der Waals surface area contributed by atoms with E-state index in [0.29, 0.717) is 11.5 Å². The van der Waals surface area contributed by atoms with Crippen molar-refractivity contribution in [1.29, 1.82) is 0 Å². The van der Waals surface area contributed by atoms with Crippen molar-refractivity contribution in [2.24, 2.45) is 0 Å². The van der Waals surface area contributed by atoms with Crippen molar-refractivity contribution in [3.63, 3.8) is 0 Å². The third-order valence-corrected chi connectivity index (χ3v) is 5.05. The van der Waals surface area contributed by atoms with Gasteiger partial charge in [0.25, 0.3) is 0 Å². The molecule has 1 saturated heterocycles. The van der Waals surface area contributed by atoms with E-state index < -0.39 is 0 Å². The molecule has 1 aliphatic rings. The average Bonchev–Trinajstić information content (AvgIpc) is 2.78. The highest BCUT2D eigenvalue weighted by Crippen LogP contribution is 2.28. The fourth-order valence-electron chi connectivity index (χ4n) is 3.43. The lowest BCUT2D eigenvalue weighted by molar-refractivity contribution is -0.111. The molecule has 6 heteroatoms. The zero-order valence-corrected chi connectivity index (χ0v) is 17.2. The van der Waals surface area contributed by atoms with E-state index in [1.807, 2.05) is 42.5 Å². The van der Waals surface area contributed by atoms with Crippen molar-refractivity contribution < 1.29 is 19.0 Å². The number of anilines is 2. The Kier molecular flexibility index (Phi) is 7.14. The Bertz CT molecular complexity index is 848. The Balaban J connectivity index is 1.58. The summed E-state index contributed by atoms with van der Waals surface area (Å²) in [6.45, 7) is 1.93. The third-order valence-electron chi connectivity index (χ3n) is 5.05. The summed E-state index contributed by atoms with van der Waals surface area (Å²) in [5.74, 6) is 1.09. The van der Waals surface area contributed by atoms with Gasteiger partial charge in [-0.1, -0.05) is 6.07 Å². The molecule has 0 bridgehead atoms. The van der Waals surface area contributed by atoms with Gasteiger partial charge in [0.2, 0.25) is 5.91 Å². The number of hydrogen-bond acceptors (Lipinski definition) is 5. The van der Waals surface area contributed by atoms with Crippen LogP contribution in [0.1, 0.15) is 18.4 Å². The number of nitrogens with one attached hydrogen (secondary N) is 1. The number of methoxy groups -OCH3 is 3. The van der Waals surface area contributed by atoms with Gasteiger partial charge in [-0.05, 0) is 60.9 Å². The molecule has 0 saturated carbocycles. The summed E-state index contributed by atoms with van der Waals surface area (Å²) < 4.78 is 16.0. The molecule has 1 amide bonds. The molecule has 2 aromatic carbocycles. The summed E-state index contributed by atoms with van der Waals surface area (Å²) in [5.41, 5.74) is 2.76. The van der Waals surface area contributed by atoms with Crippen molar-refractivity contribution in [2.45, 2.75) is 18.9 Å². The minimum atomic E-state index is -0.190. The van der Waals surface area contributed by atoms with Gasteiger partial charge in [0.15, 0.2) is 11.5 Å². The van der Waals surface area contributed by atoms with Gasteiger partial charge in [0, 0.05) is 37.7 Å². The van der Waals surface area contributed by atoms with Gasteiger partial charge in [-0.3, -0.25) is 4.79 Å². The second kappa shape index (κ2) is 9.98. The molecule has 1 N–H and O–H groups in total. The van der Waals surface area contributed by atoms with Crippen LogP contribution < -0.4 is 19.7 Å². The molecule has 0 aromatic heterocycles. The first-order valence-corrected chi connectivity index (χ1v) is 9.72. The van der Waals surface area contributed by atoms with Crippen LogP contribution in [0.2, 0.25) is 0 Å². The van der Waals surface area contributed by atoms with Crippen LogP contribution >= 0.6 is 0 Å². The summed E-state index contributed by atoms with van der Waals surface area (Å²) in [6.07, 6.45) is 5.75.